The molecule has 0 unspecified atom stereocenters. The number of nitrogen functional groups attached to an aromatic ring is 1. The van der Waals surface area contributed by atoms with E-state index in [1.54, 1.807) is 35.4 Å². The van der Waals surface area contributed by atoms with Crippen LogP contribution in [-0.2, 0) is 30.0 Å². The number of nitrogens with zero attached hydrogens (tertiary/aromatic N) is 8. The fourth-order valence-electron chi connectivity index (χ4n) is 9.60. The molecule has 9 rings (SSSR count). The average molecular weight is 1040 g/mol. The number of ether oxygens (including phenoxy) is 2. The lowest BCUT2D eigenvalue weighted by molar-refractivity contribution is -0.137. The molecule has 4 aromatic heterocycles. The third kappa shape index (κ3) is 12.5. The second kappa shape index (κ2) is 23.1. The molecule has 2 atom stereocenters. The topological polar surface area (TPSA) is 261 Å². The van der Waals surface area contributed by atoms with Crippen LogP contribution in [0.1, 0.15) is 82.8 Å². The Hall–Kier alpha value is -7.99. The van der Waals surface area contributed by atoms with Gasteiger partial charge < -0.3 is 45.9 Å². The van der Waals surface area contributed by atoms with Crippen molar-refractivity contribution >= 4 is 70.0 Å². The molecule has 7 amide bonds. The monoisotopic (exact) mass is 1040 g/mol. The molecule has 1 saturated carbocycles. The summed E-state index contributed by atoms with van der Waals surface area (Å²) >= 11 is 0. The van der Waals surface area contributed by atoms with Crippen LogP contribution in [0, 0.1) is 0 Å². The predicted molar refractivity (Wildman–Crippen MR) is 268 cm³/mol. The number of pyridine rings is 3. The summed E-state index contributed by atoms with van der Waals surface area (Å²) in [5.41, 5.74) is 8.84. The van der Waals surface area contributed by atoms with Gasteiger partial charge in [-0.15, -0.1) is 0 Å². The van der Waals surface area contributed by atoms with Gasteiger partial charge >= 0.3 is 12.2 Å². The summed E-state index contributed by atoms with van der Waals surface area (Å²) < 4.78 is 53.1. The lowest BCUT2D eigenvalue weighted by Crippen LogP contribution is -2.65. The molecule has 1 aromatic carbocycles. The first-order valence-corrected chi connectivity index (χ1v) is 24.8. The number of rotatable bonds is 15. The smallest absolute Gasteiger partial charge is 0.383 e. The van der Waals surface area contributed by atoms with Crippen LogP contribution in [0.5, 0.6) is 0 Å². The molecule has 6 N–H and O–H groups in total. The van der Waals surface area contributed by atoms with Gasteiger partial charge in [-0.3, -0.25) is 34.0 Å². The van der Waals surface area contributed by atoms with Gasteiger partial charge in [0.1, 0.15) is 23.1 Å². The Kier molecular flexibility index (Phi) is 16.0. The van der Waals surface area contributed by atoms with Gasteiger partial charge in [-0.1, -0.05) is 24.3 Å². The third-order valence-corrected chi connectivity index (χ3v) is 13.5. The standard InChI is InChI=1S/C51H56F3N13O8/c52-51(53,54)35-13-16-56-39(24-35)61-49(72)32-9-7-31(8-10-32)45-44-46-33(26-59-47(44)55)4-1-2-18-64(30-42(69)60-36-5-3-6-37(25-36)67(46)63-45)43(70)15-20-74-22-23-75-21-17-57-48(71)34-11-12-40(58-27-34)65-28-38(29-65)66-19-14-41(68)62-50(66)73/h1,4,7-13,16,24,26-27,36-38H,2-3,5-6,14-15,17-23,25,28-30H2,(H2,55,59)(H,57,71)(H,60,69)(H,56,61,72)(H,62,68,73)/b4-1+/t36-,37-/m1/s1. The van der Waals surface area contributed by atoms with Crippen molar-refractivity contribution in [3.05, 3.63) is 95.5 Å². The quantitative estimate of drug-likeness (QED) is 0.0901. The molecule has 2 bridgehead atoms. The Balaban J connectivity index is 0.748. The lowest BCUT2D eigenvalue weighted by Gasteiger charge is -2.46. The first-order valence-electron chi connectivity index (χ1n) is 24.8. The molecular weight excluding hydrogens is 980 g/mol. The number of alkyl halides is 3. The maximum absolute atomic E-state index is 13.5. The molecule has 3 aliphatic heterocycles. The molecule has 4 aliphatic rings. The Labute approximate surface area is 428 Å². The van der Waals surface area contributed by atoms with Gasteiger partial charge in [0, 0.05) is 80.5 Å². The summed E-state index contributed by atoms with van der Waals surface area (Å²) in [7, 11) is 0. The van der Waals surface area contributed by atoms with Crippen LogP contribution in [-0.4, -0.2) is 148 Å². The number of carbonyl (C=O) groups is 6. The number of halogens is 3. The molecule has 3 fully saturated rings. The fraction of sp³-hybridized carbons (Fsp3) is 0.412. The van der Waals surface area contributed by atoms with Crippen molar-refractivity contribution in [1.29, 1.82) is 0 Å². The van der Waals surface area contributed by atoms with Gasteiger partial charge in [-0.05, 0) is 68.5 Å². The maximum atomic E-state index is 13.5. The van der Waals surface area contributed by atoms with E-state index in [1.807, 2.05) is 21.7 Å². The molecule has 24 heteroatoms. The van der Waals surface area contributed by atoms with E-state index in [2.05, 4.69) is 36.2 Å². The van der Waals surface area contributed by atoms with E-state index >= 15 is 0 Å². The van der Waals surface area contributed by atoms with Crippen molar-refractivity contribution < 1.29 is 51.4 Å². The van der Waals surface area contributed by atoms with Crippen molar-refractivity contribution in [2.24, 2.45) is 0 Å². The predicted octanol–water partition coefficient (Wildman–Crippen LogP) is 4.57. The van der Waals surface area contributed by atoms with Crippen molar-refractivity contribution in [2.75, 3.05) is 81.6 Å². The van der Waals surface area contributed by atoms with Crippen molar-refractivity contribution in [2.45, 2.75) is 69.2 Å². The Morgan fingerprint density at radius 3 is 2.40 bits per heavy atom. The number of hydrogen-bond acceptors (Lipinski definition) is 14. The fourth-order valence-corrected chi connectivity index (χ4v) is 9.60. The first kappa shape index (κ1) is 51.9. The normalized spacial score (nSPS) is 18.9. The molecule has 1 aliphatic carbocycles. The number of imide groups is 1. The molecule has 2 saturated heterocycles. The van der Waals surface area contributed by atoms with Gasteiger partial charge in [-0.25, -0.2) is 19.7 Å². The van der Waals surface area contributed by atoms with E-state index in [1.165, 1.54) is 23.2 Å². The molecule has 5 aromatic rings. The number of carbonyl (C=O) groups excluding carboxylic acids is 6. The minimum Gasteiger partial charge on any atom is -0.383 e. The molecule has 0 radical (unpaired) electrons. The third-order valence-electron chi connectivity index (χ3n) is 13.5. The zero-order chi connectivity index (χ0) is 52.6. The molecule has 21 nitrogen and oxygen atoms in total. The minimum absolute atomic E-state index is 0.0117. The number of aromatic nitrogens is 5. The molecule has 0 spiro atoms. The Bertz CT molecular complexity index is 2960. The summed E-state index contributed by atoms with van der Waals surface area (Å²) in [6.07, 6.45) is 6.97. The second-order valence-electron chi connectivity index (χ2n) is 18.7. The van der Waals surface area contributed by atoms with Crippen molar-refractivity contribution in [3.63, 3.8) is 0 Å². The second-order valence-corrected chi connectivity index (χ2v) is 18.7. The number of urea groups is 1. The highest BCUT2D eigenvalue weighted by Gasteiger charge is 2.38. The van der Waals surface area contributed by atoms with E-state index < -0.39 is 17.6 Å². The van der Waals surface area contributed by atoms with Gasteiger partial charge in [0.05, 0.1) is 73.5 Å². The number of fused-ring (bicyclic) bond motifs is 3. The summed E-state index contributed by atoms with van der Waals surface area (Å²) in [4.78, 5) is 94.4. The summed E-state index contributed by atoms with van der Waals surface area (Å²) in [6.45, 7) is 2.74. The highest BCUT2D eigenvalue weighted by Crippen LogP contribution is 2.39. The van der Waals surface area contributed by atoms with Crippen LogP contribution in [0.25, 0.3) is 28.2 Å². The van der Waals surface area contributed by atoms with Crippen LogP contribution in [0.4, 0.5) is 35.4 Å². The van der Waals surface area contributed by atoms with E-state index in [4.69, 9.17) is 20.3 Å². The summed E-state index contributed by atoms with van der Waals surface area (Å²) in [5, 5.41) is 16.4. The molecule has 7 heterocycles. The Morgan fingerprint density at radius 1 is 0.853 bits per heavy atom. The number of nitrogens with one attached hydrogen (secondary N) is 4. The Morgan fingerprint density at radius 2 is 1.64 bits per heavy atom. The zero-order valence-electron chi connectivity index (χ0n) is 40.8. The van der Waals surface area contributed by atoms with Gasteiger partial charge in [0.25, 0.3) is 11.8 Å². The van der Waals surface area contributed by atoms with E-state index in [-0.39, 0.29) is 124 Å². The van der Waals surface area contributed by atoms with Gasteiger partial charge in [0.2, 0.25) is 17.7 Å². The zero-order valence-corrected chi connectivity index (χ0v) is 40.8. The highest BCUT2D eigenvalue weighted by atomic mass is 19.4. The number of anilines is 3. The summed E-state index contributed by atoms with van der Waals surface area (Å²) in [6, 6.07) is 10.7. The maximum Gasteiger partial charge on any atom is 0.416 e. The number of hydrogen-bond donors (Lipinski definition) is 5. The molecule has 394 valence electrons. The van der Waals surface area contributed by atoms with Crippen LogP contribution in [0.2, 0.25) is 0 Å². The SMILES string of the molecule is Nc1ncc2c3c1c(-c1ccc(C(=O)Nc4cc(C(F)(F)F)ccn4)cc1)nn3[C@@H]1CCC[C@H](C1)NC(=O)CN(C(=O)CCOCCOCCNC(=O)c1ccc(N3CC(N4CCC(=O)NC4=O)C3)nc1)CC/C=C/2. The van der Waals surface area contributed by atoms with E-state index in [0.717, 1.165) is 48.7 Å². The van der Waals surface area contributed by atoms with Crippen LogP contribution in [0.3, 0.4) is 0 Å². The summed E-state index contributed by atoms with van der Waals surface area (Å²) in [5.74, 6) is -1.06. The van der Waals surface area contributed by atoms with Crippen LogP contribution >= 0.6 is 0 Å². The van der Waals surface area contributed by atoms with Crippen molar-refractivity contribution in [1.82, 2.24) is 50.5 Å². The first-order chi connectivity index (χ1) is 36.2. The average Bonchev–Trinajstić information content (AvgIpc) is 3.80. The minimum atomic E-state index is -4.60. The number of benzene rings is 1. The van der Waals surface area contributed by atoms with E-state index in [9.17, 15) is 41.9 Å². The molecule has 75 heavy (non-hydrogen) atoms. The van der Waals surface area contributed by atoms with Crippen LogP contribution in [0.15, 0.2) is 73.2 Å². The highest BCUT2D eigenvalue weighted by molar-refractivity contribution is 6.06. The lowest BCUT2D eigenvalue weighted by atomic mass is 9.90. The number of nitrogens with two attached hydrogens (primary N) is 1. The number of amides is 7. The van der Waals surface area contributed by atoms with Gasteiger partial charge in [-0.2, -0.15) is 18.3 Å². The van der Waals surface area contributed by atoms with Crippen LogP contribution < -0.4 is 31.9 Å². The molecular formula is C51H56F3N13O8. The van der Waals surface area contributed by atoms with Gasteiger partial charge in [0.15, 0.2) is 0 Å². The van der Waals surface area contributed by atoms with Crippen molar-refractivity contribution in [3.8, 4) is 11.3 Å². The largest absolute Gasteiger partial charge is 0.416 e. The van der Waals surface area contributed by atoms with E-state index in [0.29, 0.717) is 60.5 Å².